The Balaban J connectivity index is 1.39. The number of hydrogen-bond donors (Lipinski definition) is 2. The standard InChI is InChI=1S/C28H28N2O5/c1-15-20(12-13-25(32)30-19-10-8-18(9-11-19)29-17(3)31)28(33)35-26-16(2)27-23(14-22(15)26)21-6-4-5-7-24(21)34-27/h8-11,14H,4-7,12-13H2,1-3H3,(H,29,31)(H,30,32). The molecule has 7 heteroatoms. The van der Waals surface area contributed by atoms with Crippen LogP contribution < -0.4 is 16.3 Å². The minimum atomic E-state index is -0.416. The zero-order valence-electron chi connectivity index (χ0n) is 20.2. The fourth-order valence-electron chi connectivity index (χ4n) is 5.01. The highest BCUT2D eigenvalue weighted by molar-refractivity contribution is 6.00. The normalized spacial score (nSPS) is 13.1. The summed E-state index contributed by atoms with van der Waals surface area (Å²) in [5, 5.41) is 7.52. The first kappa shape index (κ1) is 22.9. The maximum atomic E-state index is 12.9. The molecule has 1 aliphatic carbocycles. The van der Waals surface area contributed by atoms with Crippen molar-refractivity contribution in [3.63, 3.8) is 0 Å². The molecule has 2 N–H and O–H groups in total. The van der Waals surface area contributed by atoms with Crippen molar-refractivity contribution < 1.29 is 18.4 Å². The van der Waals surface area contributed by atoms with E-state index in [2.05, 4.69) is 16.7 Å². The Morgan fingerprint density at radius 1 is 0.886 bits per heavy atom. The predicted octanol–water partition coefficient (Wildman–Crippen LogP) is 5.56. The van der Waals surface area contributed by atoms with Crippen LogP contribution in [0.2, 0.25) is 0 Å². The van der Waals surface area contributed by atoms with Crippen LogP contribution in [0.1, 0.15) is 54.2 Å². The third kappa shape index (κ3) is 4.34. The smallest absolute Gasteiger partial charge is 0.339 e. The zero-order chi connectivity index (χ0) is 24.7. The Morgan fingerprint density at radius 3 is 2.26 bits per heavy atom. The monoisotopic (exact) mass is 472 g/mol. The number of carbonyl (C=O) groups excluding carboxylic acids is 2. The van der Waals surface area contributed by atoms with Gasteiger partial charge in [-0.3, -0.25) is 9.59 Å². The molecule has 0 spiro atoms. The molecule has 0 bridgehead atoms. The average molecular weight is 473 g/mol. The van der Waals surface area contributed by atoms with Crippen molar-refractivity contribution in [1.29, 1.82) is 0 Å². The number of carbonyl (C=O) groups is 2. The van der Waals surface area contributed by atoms with Crippen LogP contribution in [-0.4, -0.2) is 11.8 Å². The molecular weight excluding hydrogens is 444 g/mol. The quantitative estimate of drug-likeness (QED) is 0.370. The number of benzene rings is 2. The summed E-state index contributed by atoms with van der Waals surface area (Å²) >= 11 is 0. The van der Waals surface area contributed by atoms with Gasteiger partial charge in [0.2, 0.25) is 11.8 Å². The van der Waals surface area contributed by atoms with Crippen LogP contribution in [0.5, 0.6) is 0 Å². The lowest BCUT2D eigenvalue weighted by molar-refractivity contribution is -0.116. The van der Waals surface area contributed by atoms with E-state index in [-0.39, 0.29) is 24.7 Å². The van der Waals surface area contributed by atoms with E-state index >= 15 is 0 Å². The molecule has 1 aliphatic rings. The number of rotatable bonds is 5. The van der Waals surface area contributed by atoms with Gasteiger partial charge in [-0.2, -0.15) is 0 Å². The lowest BCUT2D eigenvalue weighted by atomic mass is 9.93. The van der Waals surface area contributed by atoms with Gasteiger partial charge >= 0.3 is 5.63 Å². The van der Waals surface area contributed by atoms with Crippen molar-refractivity contribution in [1.82, 2.24) is 0 Å². The number of hydrogen-bond acceptors (Lipinski definition) is 5. The van der Waals surface area contributed by atoms with E-state index in [0.717, 1.165) is 58.9 Å². The van der Waals surface area contributed by atoms with Gasteiger partial charge in [0, 0.05) is 58.6 Å². The maximum Gasteiger partial charge on any atom is 0.339 e. The molecule has 0 atom stereocenters. The second-order valence-electron chi connectivity index (χ2n) is 9.27. The van der Waals surface area contributed by atoms with Gasteiger partial charge in [-0.15, -0.1) is 0 Å². The fraction of sp³-hybridized carbons (Fsp3) is 0.321. The Bertz CT molecular complexity index is 1530. The summed E-state index contributed by atoms with van der Waals surface area (Å²) in [5.41, 5.74) is 5.70. The zero-order valence-corrected chi connectivity index (χ0v) is 20.2. The molecular formula is C28H28N2O5. The topological polar surface area (TPSA) is 102 Å². The second-order valence-corrected chi connectivity index (χ2v) is 9.27. The summed E-state index contributed by atoms with van der Waals surface area (Å²) in [7, 11) is 0. The van der Waals surface area contributed by atoms with E-state index in [1.807, 2.05) is 13.8 Å². The van der Waals surface area contributed by atoms with E-state index in [4.69, 9.17) is 8.83 Å². The highest BCUT2D eigenvalue weighted by atomic mass is 16.4. The van der Waals surface area contributed by atoms with Crippen LogP contribution in [0, 0.1) is 13.8 Å². The van der Waals surface area contributed by atoms with Gasteiger partial charge in [0.1, 0.15) is 16.9 Å². The summed E-state index contributed by atoms with van der Waals surface area (Å²) in [5.74, 6) is 0.688. The molecule has 2 aromatic heterocycles. The van der Waals surface area contributed by atoms with E-state index in [1.165, 1.54) is 12.5 Å². The van der Waals surface area contributed by atoms with Crippen molar-refractivity contribution in [2.24, 2.45) is 0 Å². The van der Waals surface area contributed by atoms with Crippen LogP contribution in [0.25, 0.3) is 21.9 Å². The van der Waals surface area contributed by atoms with Gasteiger partial charge in [-0.1, -0.05) is 0 Å². The number of furan rings is 1. The molecule has 2 heterocycles. The number of fused-ring (bicyclic) bond motifs is 4. The fourth-order valence-corrected chi connectivity index (χ4v) is 5.01. The van der Waals surface area contributed by atoms with Gasteiger partial charge in [0.15, 0.2) is 0 Å². The third-order valence-electron chi connectivity index (χ3n) is 6.82. The molecule has 0 saturated heterocycles. The van der Waals surface area contributed by atoms with Crippen molar-refractivity contribution in [2.75, 3.05) is 10.6 Å². The van der Waals surface area contributed by atoms with E-state index in [9.17, 15) is 14.4 Å². The predicted molar refractivity (Wildman–Crippen MR) is 136 cm³/mol. The highest BCUT2D eigenvalue weighted by Gasteiger charge is 2.23. The molecule has 180 valence electrons. The summed E-state index contributed by atoms with van der Waals surface area (Å²) in [6.07, 6.45) is 4.65. The minimum Gasteiger partial charge on any atom is -0.460 e. The van der Waals surface area contributed by atoms with Gasteiger partial charge in [0.25, 0.3) is 0 Å². The molecule has 5 rings (SSSR count). The Morgan fingerprint density at radius 2 is 1.54 bits per heavy atom. The van der Waals surface area contributed by atoms with Crippen LogP contribution in [-0.2, 0) is 28.9 Å². The first-order valence-electron chi connectivity index (χ1n) is 12.0. The minimum absolute atomic E-state index is 0.146. The Hall–Kier alpha value is -3.87. The molecule has 2 amide bonds. The second kappa shape index (κ2) is 9.06. The summed E-state index contributed by atoms with van der Waals surface area (Å²) in [6, 6.07) is 8.97. The SMILES string of the molecule is CC(=O)Nc1ccc(NC(=O)CCc2c(C)c3cc4c5c(oc4c(C)c3oc2=O)CCCC5)cc1. The first-order chi connectivity index (χ1) is 16.8. The van der Waals surface area contributed by atoms with Gasteiger partial charge in [-0.25, -0.2) is 4.79 Å². The van der Waals surface area contributed by atoms with Gasteiger partial charge in [-0.05, 0) is 75.4 Å². The molecule has 4 aromatic rings. The van der Waals surface area contributed by atoms with Crippen LogP contribution in [0.4, 0.5) is 11.4 Å². The Kier molecular flexibility index (Phi) is 5.93. The summed E-state index contributed by atoms with van der Waals surface area (Å²) in [4.78, 5) is 36.6. The third-order valence-corrected chi connectivity index (χ3v) is 6.82. The molecule has 7 nitrogen and oxygen atoms in total. The highest BCUT2D eigenvalue weighted by Crippen LogP contribution is 2.38. The number of anilines is 2. The largest absolute Gasteiger partial charge is 0.460 e. The first-order valence-corrected chi connectivity index (χ1v) is 12.0. The molecule has 0 aliphatic heterocycles. The molecule has 0 fully saturated rings. The number of nitrogens with one attached hydrogen (secondary N) is 2. The Labute approximate surface area is 202 Å². The van der Waals surface area contributed by atoms with Crippen molar-refractivity contribution in [3.8, 4) is 0 Å². The summed E-state index contributed by atoms with van der Waals surface area (Å²) in [6.45, 7) is 5.30. The maximum absolute atomic E-state index is 12.9. The van der Waals surface area contributed by atoms with Crippen LogP contribution in [0.3, 0.4) is 0 Å². The number of amides is 2. The molecule has 0 saturated carbocycles. The van der Waals surface area contributed by atoms with Crippen LogP contribution >= 0.6 is 0 Å². The summed E-state index contributed by atoms with van der Waals surface area (Å²) < 4.78 is 11.9. The molecule has 2 aromatic carbocycles. The lowest BCUT2D eigenvalue weighted by Crippen LogP contribution is -2.17. The van der Waals surface area contributed by atoms with E-state index in [0.29, 0.717) is 22.5 Å². The molecule has 0 radical (unpaired) electrons. The van der Waals surface area contributed by atoms with Crippen LogP contribution in [0.15, 0.2) is 44.0 Å². The van der Waals surface area contributed by atoms with Gasteiger partial charge < -0.3 is 19.5 Å². The molecule has 0 unspecified atom stereocenters. The number of aryl methyl sites for hydroxylation is 4. The van der Waals surface area contributed by atoms with Crippen molar-refractivity contribution in [2.45, 2.75) is 59.3 Å². The van der Waals surface area contributed by atoms with Crippen molar-refractivity contribution in [3.05, 3.63) is 68.8 Å². The average Bonchev–Trinajstić information content (AvgIpc) is 3.20. The van der Waals surface area contributed by atoms with E-state index in [1.54, 1.807) is 24.3 Å². The lowest BCUT2D eigenvalue weighted by Gasteiger charge is -2.11. The van der Waals surface area contributed by atoms with Gasteiger partial charge in [0.05, 0.1) is 0 Å². The van der Waals surface area contributed by atoms with E-state index < -0.39 is 5.63 Å². The van der Waals surface area contributed by atoms with Crippen molar-refractivity contribution >= 4 is 45.1 Å². The molecule has 35 heavy (non-hydrogen) atoms.